The zero-order valence-corrected chi connectivity index (χ0v) is 92.3. The van der Waals surface area contributed by atoms with Gasteiger partial charge in [0, 0.05) is 147 Å². The summed E-state index contributed by atoms with van der Waals surface area (Å²) in [5.74, 6) is 2.25. The molecule has 0 bridgehead atoms. The zero-order valence-electron chi connectivity index (χ0n) is 82.7. The molecule has 0 fully saturated rings. The third kappa shape index (κ3) is 38.9. The van der Waals surface area contributed by atoms with Crippen LogP contribution in [-0.4, -0.2) is 45.8 Å². The van der Waals surface area contributed by atoms with Crippen LogP contribution >= 0.6 is 0 Å². The average molecular weight is 2590 g/mol. The first-order valence-corrected chi connectivity index (χ1v) is 47.2. The van der Waals surface area contributed by atoms with Gasteiger partial charge in [-0.2, -0.15) is 0 Å². The maximum atomic E-state index is 11.2. The van der Waals surface area contributed by atoms with Crippen LogP contribution in [0.3, 0.4) is 0 Å². The quantitative estimate of drug-likeness (QED) is 0.0451. The van der Waals surface area contributed by atoms with Gasteiger partial charge < -0.3 is 35.0 Å². The summed E-state index contributed by atoms with van der Waals surface area (Å²) in [7, 11) is 0. The van der Waals surface area contributed by atoms with Gasteiger partial charge >= 0.3 is 0 Å². The fraction of sp³-hybridized carbons (Fsp3) is 0.169. The molecule has 0 atom stereocenters. The molecule has 734 valence electrons. The van der Waals surface area contributed by atoms with E-state index in [1.807, 2.05) is 284 Å². The Morgan fingerprint density at radius 2 is 0.727 bits per heavy atom. The van der Waals surface area contributed by atoms with Crippen molar-refractivity contribution in [3.05, 3.63) is 500 Å². The second kappa shape index (κ2) is 62.2. The minimum absolute atomic E-state index is 0. The summed E-state index contributed by atoms with van der Waals surface area (Å²) in [6.07, 6.45) is 15.8. The number of benzene rings is 12. The van der Waals surface area contributed by atoms with Gasteiger partial charge in [0.1, 0.15) is 0 Å². The number of hydrogen-bond acceptors (Lipinski definition) is 9. The van der Waals surface area contributed by atoms with E-state index in [2.05, 4.69) is 279 Å². The number of aliphatic hydroxyl groups is 1. The molecule has 19 rings (SSSR count). The van der Waals surface area contributed by atoms with Crippen LogP contribution in [0.15, 0.2) is 419 Å². The molecular weight excluding hydrogens is 2460 g/mol. The molecule has 12 aromatic carbocycles. The number of hydrogen-bond donors (Lipinski definition) is 1. The molecule has 0 spiro atoms. The van der Waals surface area contributed by atoms with E-state index in [-0.39, 0.29) is 99.4 Å². The van der Waals surface area contributed by atoms with Crippen molar-refractivity contribution >= 4 is 16.7 Å². The van der Waals surface area contributed by atoms with Gasteiger partial charge in [-0.05, 0) is 189 Å². The molecule has 7 heterocycles. The first kappa shape index (κ1) is 117. The molecular formula is C130H124Ir4N7O2-7. The summed E-state index contributed by atoms with van der Waals surface area (Å²) >= 11 is 0. The van der Waals surface area contributed by atoms with Crippen LogP contribution < -0.4 is 0 Å². The summed E-state index contributed by atoms with van der Waals surface area (Å²) in [6, 6.07) is 148. The minimum atomic E-state index is 0. The third-order valence-corrected chi connectivity index (χ3v) is 21.8. The van der Waals surface area contributed by atoms with Crippen LogP contribution in [0.1, 0.15) is 115 Å². The number of rotatable bonds is 20. The molecule has 0 aliphatic rings. The molecule has 1 N–H and O–H groups in total. The van der Waals surface area contributed by atoms with Crippen LogP contribution in [0.5, 0.6) is 0 Å². The van der Waals surface area contributed by atoms with Crippen molar-refractivity contribution in [2.24, 2.45) is 23.7 Å². The normalized spacial score (nSPS) is 10.3. The van der Waals surface area contributed by atoms with Crippen LogP contribution in [0.25, 0.3) is 134 Å². The first-order chi connectivity index (χ1) is 67.1. The maximum absolute atomic E-state index is 11.2. The monoisotopic (exact) mass is 2590 g/mol. The standard InChI is InChI=1S/C27H26N.C21H20N.C18H14N.C17H12N.2C12H10N.C11H8N.C11H20O2.CH4.4Ir/c1-18(2)12-23-17-27(24-14-19(3)13-20(4)15-24)28-26-11-10-22(16-25(23)26)21-8-6-5-7-9-21;1-16(2)14-17-8-10-18(11-9-17)20-12-13-22-21(15-20)19-6-4-3-5-7-19;1-14-12-18(16-10-6-3-7-11-16)19-13-17(14)15-8-4-2-5-9-15;1-3-7-14(8-4-1)16-11-12-17(18-13-16)15-9-5-2-6-10-15;1-10-7-8-13-12(9-10)11-5-3-2-4-6-11;1-10-7-8-12(13-9-10)11-5-3-2-4-6-11;1-2-6-10(7-3-1)11-8-4-5-9-12-11;1-8(2)5-10(12)7-11(13)6-9(3)4;;;;;/h5-11,13-14,16-18H,12H2,1-4H3;3-6,8-13,15-16H,14H2,1-2H3;2-10,12-13H,1H3;1-9,11-13H;2*2-5,7-9H,1H3;1-6,8-9H;7-9,12H,5-6H2,1-4H3;1H4;;;;/q7*-1;;;;;;. The fourth-order valence-corrected chi connectivity index (χ4v) is 15.2. The molecule has 0 amide bonds. The summed E-state index contributed by atoms with van der Waals surface area (Å²) < 4.78 is 0. The van der Waals surface area contributed by atoms with Gasteiger partial charge in [0.05, 0.1) is 11.3 Å². The Kier molecular flexibility index (Phi) is 50.8. The largest absolute Gasteiger partial charge is 0.512 e. The van der Waals surface area contributed by atoms with E-state index in [1.54, 1.807) is 6.20 Å². The van der Waals surface area contributed by atoms with Gasteiger partial charge in [-0.1, -0.05) is 264 Å². The van der Waals surface area contributed by atoms with E-state index in [4.69, 9.17) is 4.98 Å². The number of ketones is 1. The minimum Gasteiger partial charge on any atom is -0.512 e. The van der Waals surface area contributed by atoms with Crippen molar-refractivity contribution in [1.29, 1.82) is 0 Å². The Hall–Kier alpha value is -13.2. The number of aromatic nitrogens is 7. The number of carbonyl (C=O) groups is 1. The maximum Gasteiger partial charge on any atom is 0.159 e. The van der Waals surface area contributed by atoms with Gasteiger partial charge in [0.15, 0.2) is 5.78 Å². The van der Waals surface area contributed by atoms with E-state index in [0.29, 0.717) is 36.5 Å². The Bertz CT molecular complexity index is 6780. The Balaban J connectivity index is 0.000000224. The van der Waals surface area contributed by atoms with Gasteiger partial charge in [-0.25, -0.2) is 0 Å². The average Bonchev–Trinajstić information content (AvgIpc) is 0.777. The Morgan fingerprint density at radius 1 is 0.308 bits per heavy atom. The van der Waals surface area contributed by atoms with Crippen molar-refractivity contribution in [3.63, 3.8) is 0 Å². The van der Waals surface area contributed by atoms with Crippen LogP contribution in [0, 0.1) is 101 Å². The van der Waals surface area contributed by atoms with Crippen molar-refractivity contribution in [2.75, 3.05) is 0 Å². The summed E-state index contributed by atoms with van der Waals surface area (Å²) in [6.45, 7) is 27.5. The topological polar surface area (TPSA) is 128 Å². The number of aliphatic hydroxyl groups excluding tert-OH is 1. The molecule has 0 aliphatic carbocycles. The van der Waals surface area contributed by atoms with Gasteiger partial charge in [0.2, 0.25) is 0 Å². The molecule has 13 heteroatoms. The van der Waals surface area contributed by atoms with Crippen molar-refractivity contribution in [1.82, 2.24) is 34.9 Å². The molecule has 7 aromatic heterocycles. The third-order valence-electron chi connectivity index (χ3n) is 21.8. The number of allylic oxidation sites excluding steroid dienone is 2. The Labute approximate surface area is 904 Å². The van der Waals surface area contributed by atoms with Crippen molar-refractivity contribution < 1.29 is 90.3 Å². The van der Waals surface area contributed by atoms with E-state index >= 15 is 0 Å². The van der Waals surface area contributed by atoms with E-state index in [0.717, 1.165) is 108 Å². The predicted molar refractivity (Wildman–Crippen MR) is 581 cm³/mol. The van der Waals surface area contributed by atoms with Gasteiger partial charge in [0.25, 0.3) is 0 Å². The van der Waals surface area contributed by atoms with Crippen molar-refractivity contribution in [2.45, 2.75) is 123 Å². The summed E-state index contributed by atoms with van der Waals surface area (Å²) in [5, 5.41) is 10.6. The molecule has 0 saturated heterocycles. The number of nitrogens with zero attached hydrogens (tertiary/aromatic N) is 7. The van der Waals surface area contributed by atoms with Gasteiger partial charge in [-0.3, -0.25) is 9.78 Å². The number of carbonyl (C=O) groups excluding carboxylic acids is 1. The number of fused-ring (bicyclic) bond motifs is 1. The smallest absolute Gasteiger partial charge is 0.159 e. The molecule has 0 aliphatic heterocycles. The molecule has 19 aromatic rings. The van der Waals surface area contributed by atoms with Gasteiger partial charge in [-0.15, -0.1) is 250 Å². The van der Waals surface area contributed by atoms with Crippen LogP contribution in [-0.2, 0) is 98.1 Å². The van der Waals surface area contributed by atoms with E-state index in [1.165, 1.54) is 83.8 Å². The fourth-order valence-electron chi connectivity index (χ4n) is 15.2. The molecule has 0 saturated carbocycles. The second-order valence-corrected chi connectivity index (χ2v) is 35.5. The van der Waals surface area contributed by atoms with E-state index in [9.17, 15) is 9.90 Å². The predicted octanol–water partition coefficient (Wildman–Crippen LogP) is 33.3. The second-order valence-electron chi connectivity index (χ2n) is 35.5. The molecule has 9 nitrogen and oxygen atoms in total. The Morgan fingerprint density at radius 3 is 1.17 bits per heavy atom. The van der Waals surface area contributed by atoms with Crippen LogP contribution in [0.2, 0.25) is 0 Å². The molecule has 4 radical (unpaired) electrons. The van der Waals surface area contributed by atoms with Crippen LogP contribution in [0.4, 0.5) is 0 Å². The summed E-state index contributed by atoms with van der Waals surface area (Å²) in [5.41, 5.74) is 33.6. The number of aryl methyl sites for hydroxylation is 5. The van der Waals surface area contributed by atoms with E-state index < -0.39 is 0 Å². The SMILES string of the molecule is C.CC(C)CC(=O)C=C(O)CC(C)C.CC(C)Cc1ccc(-c2ccnc(-c3[c-]cccc3)c2)cc1.Cc1[c-]c(-c2cc(CC(C)C)c3cc(-c4ccccc4)ccc3n2)cc(C)c1.Cc1cc(-c2[c-]cccc2)ncc1-c1ccccc1.Cc1ccc(-c2[c-]cccc2)nc1.Cc1ccnc(-c2[c-]cccc2)c1.[Ir].[Ir].[Ir].[Ir].[c-]1ccccc1-c1ccc(-c2ccccc2)cn1.[c-]1ccccc1-c1ccccn1. The zero-order chi connectivity index (χ0) is 97.2. The number of pyridine rings is 7. The van der Waals surface area contributed by atoms with Crippen molar-refractivity contribution in [3.8, 4) is 123 Å². The first-order valence-electron chi connectivity index (χ1n) is 47.2. The summed E-state index contributed by atoms with van der Waals surface area (Å²) in [4.78, 5) is 42.5. The molecule has 0 unspecified atom stereocenters. The molecule has 143 heavy (non-hydrogen) atoms.